The molecule has 0 amide bonds. The maximum atomic E-state index is 3.70. The number of nitrogens with zero attached hydrogens (tertiary/aromatic N) is 1. The van der Waals surface area contributed by atoms with Gasteiger partial charge < -0.3 is 10.2 Å². The Bertz CT molecular complexity index is 184. The molecule has 12 heavy (non-hydrogen) atoms. The summed E-state index contributed by atoms with van der Waals surface area (Å²) < 4.78 is 0. The van der Waals surface area contributed by atoms with Crippen molar-refractivity contribution in [3.8, 4) is 0 Å². The van der Waals surface area contributed by atoms with Crippen molar-refractivity contribution >= 4 is 0 Å². The van der Waals surface area contributed by atoms with E-state index in [1.54, 1.807) is 0 Å². The summed E-state index contributed by atoms with van der Waals surface area (Å²) in [4.78, 5) is 2.35. The molecule has 1 N–H and O–H groups in total. The van der Waals surface area contributed by atoms with Crippen LogP contribution in [0.5, 0.6) is 0 Å². The van der Waals surface area contributed by atoms with Crippen molar-refractivity contribution < 1.29 is 0 Å². The Labute approximate surface area is 74.9 Å². The van der Waals surface area contributed by atoms with E-state index >= 15 is 0 Å². The Morgan fingerprint density at radius 1 is 1.67 bits per heavy atom. The maximum Gasteiger partial charge on any atom is 0.0409 e. The first-order valence-corrected chi connectivity index (χ1v) is 4.45. The summed E-state index contributed by atoms with van der Waals surface area (Å²) in [6, 6.07) is 0.516. The molecule has 2 nitrogen and oxygen atoms in total. The molecule has 0 bridgehead atoms. The summed E-state index contributed by atoms with van der Waals surface area (Å²) in [6.07, 6.45) is 3.93. The second-order valence-electron chi connectivity index (χ2n) is 3.42. The van der Waals surface area contributed by atoms with Crippen LogP contribution < -0.4 is 5.32 Å². The third kappa shape index (κ3) is 2.47. The molecular formula is C10H18N2. The lowest BCUT2D eigenvalue weighted by Crippen LogP contribution is -2.49. The maximum absolute atomic E-state index is 3.70. The second kappa shape index (κ2) is 4.43. The zero-order valence-electron chi connectivity index (χ0n) is 8.01. The van der Waals surface area contributed by atoms with Crippen molar-refractivity contribution in [2.45, 2.75) is 13.0 Å². The molecule has 1 heterocycles. The molecule has 1 rings (SSSR count). The minimum Gasteiger partial charge on any atom is -0.308 e. The summed E-state index contributed by atoms with van der Waals surface area (Å²) in [5.41, 5.74) is 1.37. The molecule has 1 saturated heterocycles. The van der Waals surface area contributed by atoms with Crippen LogP contribution in [-0.2, 0) is 0 Å². The Hall–Kier alpha value is -0.600. The van der Waals surface area contributed by atoms with Crippen molar-refractivity contribution in [1.82, 2.24) is 10.2 Å². The highest BCUT2D eigenvalue weighted by Crippen LogP contribution is 2.06. The van der Waals surface area contributed by atoms with E-state index in [9.17, 15) is 0 Å². The van der Waals surface area contributed by atoms with Gasteiger partial charge in [0, 0.05) is 25.7 Å². The van der Waals surface area contributed by atoms with Crippen LogP contribution in [0.3, 0.4) is 0 Å². The highest BCUT2D eigenvalue weighted by Gasteiger charge is 2.16. The molecule has 0 radical (unpaired) electrons. The third-order valence-corrected chi connectivity index (χ3v) is 2.31. The van der Waals surface area contributed by atoms with Crippen molar-refractivity contribution in [2.24, 2.45) is 0 Å². The van der Waals surface area contributed by atoms with Gasteiger partial charge in [0.2, 0.25) is 0 Å². The largest absolute Gasteiger partial charge is 0.308 e. The quantitative estimate of drug-likeness (QED) is 0.616. The lowest BCUT2D eigenvalue weighted by atomic mass is 10.1. The van der Waals surface area contributed by atoms with Gasteiger partial charge in [0.25, 0.3) is 0 Å². The molecule has 1 fully saturated rings. The van der Waals surface area contributed by atoms with Gasteiger partial charge >= 0.3 is 0 Å². The van der Waals surface area contributed by atoms with Crippen molar-refractivity contribution in [3.05, 3.63) is 24.3 Å². The first-order chi connectivity index (χ1) is 5.74. The van der Waals surface area contributed by atoms with Gasteiger partial charge in [0.05, 0.1) is 0 Å². The SMILES string of the molecule is C=C/C=C(\C)C1CN(C)CCN1. The van der Waals surface area contributed by atoms with Crippen LogP contribution in [0.2, 0.25) is 0 Å². The number of nitrogens with one attached hydrogen (secondary N) is 1. The van der Waals surface area contributed by atoms with E-state index in [4.69, 9.17) is 0 Å². The molecule has 1 unspecified atom stereocenters. The minimum atomic E-state index is 0.516. The van der Waals surface area contributed by atoms with Gasteiger partial charge in [0.1, 0.15) is 0 Å². The van der Waals surface area contributed by atoms with E-state index in [0.717, 1.165) is 19.6 Å². The highest BCUT2D eigenvalue weighted by molar-refractivity contribution is 5.15. The van der Waals surface area contributed by atoms with Gasteiger partial charge in [0.15, 0.2) is 0 Å². The molecule has 0 aliphatic carbocycles. The van der Waals surface area contributed by atoms with Crippen LogP contribution in [0, 0.1) is 0 Å². The number of allylic oxidation sites excluding steroid dienone is 2. The molecule has 1 atom stereocenters. The van der Waals surface area contributed by atoms with Crippen LogP contribution in [0.15, 0.2) is 24.3 Å². The van der Waals surface area contributed by atoms with Gasteiger partial charge in [-0.25, -0.2) is 0 Å². The van der Waals surface area contributed by atoms with E-state index in [-0.39, 0.29) is 0 Å². The van der Waals surface area contributed by atoms with E-state index in [1.165, 1.54) is 5.57 Å². The molecule has 1 aliphatic rings. The fourth-order valence-corrected chi connectivity index (χ4v) is 1.50. The first-order valence-electron chi connectivity index (χ1n) is 4.45. The monoisotopic (exact) mass is 166 g/mol. The first kappa shape index (κ1) is 9.49. The summed E-state index contributed by atoms with van der Waals surface area (Å²) >= 11 is 0. The van der Waals surface area contributed by atoms with E-state index in [0.29, 0.717) is 6.04 Å². The fourth-order valence-electron chi connectivity index (χ4n) is 1.50. The molecule has 0 aromatic heterocycles. The molecule has 68 valence electrons. The lowest BCUT2D eigenvalue weighted by Gasteiger charge is -2.31. The summed E-state index contributed by atoms with van der Waals surface area (Å²) in [7, 11) is 2.16. The van der Waals surface area contributed by atoms with Gasteiger partial charge in [-0.05, 0) is 14.0 Å². The average Bonchev–Trinajstić information content (AvgIpc) is 2.05. The number of rotatable bonds is 2. The van der Waals surface area contributed by atoms with Crippen molar-refractivity contribution in [3.63, 3.8) is 0 Å². The fraction of sp³-hybridized carbons (Fsp3) is 0.600. The van der Waals surface area contributed by atoms with Gasteiger partial charge in [-0.1, -0.05) is 24.3 Å². The smallest absolute Gasteiger partial charge is 0.0409 e. The standard InChI is InChI=1S/C10H18N2/c1-4-5-9(2)10-8-12(3)7-6-11-10/h4-5,10-11H,1,6-8H2,2-3H3/b9-5+. The topological polar surface area (TPSA) is 15.3 Å². The van der Waals surface area contributed by atoms with Crippen LogP contribution in [0.4, 0.5) is 0 Å². The zero-order chi connectivity index (χ0) is 8.97. The predicted molar refractivity (Wildman–Crippen MR) is 53.2 cm³/mol. The van der Waals surface area contributed by atoms with Crippen LogP contribution in [0.1, 0.15) is 6.92 Å². The van der Waals surface area contributed by atoms with Gasteiger partial charge in [-0.3, -0.25) is 0 Å². The molecule has 1 aliphatic heterocycles. The molecule has 0 aromatic carbocycles. The average molecular weight is 166 g/mol. The van der Waals surface area contributed by atoms with Crippen LogP contribution in [-0.4, -0.2) is 37.6 Å². The molecule has 2 heteroatoms. The second-order valence-corrected chi connectivity index (χ2v) is 3.42. The van der Waals surface area contributed by atoms with E-state index in [2.05, 4.69) is 36.8 Å². The van der Waals surface area contributed by atoms with Gasteiger partial charge in [-0.15, -0.1) is 0 Å². The Morgan fingerprint density at radius 2 is 2.42 bits per heavy atom. The van der Waals surface area contributed by atoms with Crippen LogP contribution in [0.25, 0.3) is 0 Å². The summed E-state index contributed by atoms with van der Waals surface area (Å²) in [5, 5.41) is 3.48. The third-order valence-electron chi connectivity index (χ3n) is 2.31. The molecule has 0 aromatic rings. The molecule has 0 spiro atoms. The van der Waals surface area contributed by atoms with Crippen molar-refractivity contribution in [1.29, 1.82) is 0 Å². The number of piperazine rings is 1. The minimum absolute atomic E-state index is 0.516. The van der Waals surface area contributed by atoms with Crippen molar-refractivity contribution in [2.75, 3.05) is 26.7 Å². The number of likely N-dealkylation sites (N-methyl/N-ethyl adjacent to an activating group) is 1. The normalized spacial score (nSPS) is 27.2. The Balaban J connectivity index is 2.50. The number of hydrogen-bond donors (Lipinski definition) is 1. The van der Waals surface area contributed by atoms with Gasteiger partial charge in [-0.2, -0.15) is 0 Å². The van der Waals surface area contributed by atoms with E-state index in [1.807, 2.05) is 6.08 Å². The Morgan fingerprint density at radius 3 is 3.00 bits per heavy atom. The Kier molecular flexibility index (Phi) is 3.50. The predicted octanol–water partition coefficient (Wildman–Crippen LogP) is 1.02. The highest BCUT2D eigenvalue weighted by atomic mass is 15.2. The molecule has 0 saturated carbocycles. The summed E-state index contributed by atoms with van der Waals surface area (Å²) in [5.74, 6) is 0. The zero-order valence-corrected chi connectivity index (χ0v) is 8.01. The van der Waals surface area contributed by atoms with E-state index < -0.39 is 0 Å². The molecular weight excluding hydrogens is 148 g/mol. The lowest BCUT2D eigenvalue weighted by molar-refractivity contribution is 0.256. The number of hydrogen-bond acceptors (Lipinski definition) is 2. The van der Waals surface area contributed by atoms with Crippen LogP contribution >= 0.6 is 0 Å². The summed E-state index contributed by atoms with van der Waals surface area (Å²) in [6.45, 7) is 9.19.